The third-order valence-corrected chi connectivity index (χ3v) is 7.41. The predicted octanol–water partition coefficient (Wildman–Crippen LogP) is 4.45. The van der Waals surface area contributed by atoms with Crippen molar-refractivity contribution in [3.8, 4) is 5.88 Å². The molecule has 3 fully saturated rings. The van der Waals surface area contributed by atoms with E-state index < -0.39 is 23.3 Å². The molecule has 3 heterocycles. The zero-order valence-electron chi connectivity index (χ0n) is 22.1. The molecule has 9 heteroatoms. The van der Waals surface area contributed by atoms with E-state index in [1.54, 1.807) is 0 Å². The van der Waals surface area contributed by atoms with Gasteiger partial charge in [-0.2, -0.15) is 4.98 Å². The number of likely N-dealkylation sites (tertiary alicyclic amines) is 1. The van der Waals surface area contributed by atoms with Gasteiger partial charge in [0.25, 0.3) is 0 Å². The Morgan fingerprint density at radius 1 is 1.09 bits per heavy atom. The molecule has 0 bridgehead atoms. The Kier molecular flexibility index (Phi) is 6.34. The van der Waals surface area contributed by atoms with E-state index in [9.17, 15) is 14.7 Å². The van der Waals surface area contributed by atoms with E-state index in [0.717, 1.165) is 37.3 Å². The molecule has 0 spiro atoms. The van der Waals surface area contributed by atoms with E-state index >= 15 is 0 Å². The quantitative estimate of drug-likeness (QED) is 0.631. The summed E-state index contributed by atoms with van der Waals surface area (Å²) in [5, 5.41) is 12.2. The molecule has 9 nitrogen and oxygen atoms in total. The number of carbonyl (C=O) groups is 2. The standard InChI is InChI=1S/C26H40N4O5/c1-24(2,3)35-22(31)28-26(6,7)16-12-19(29-10-8-25(4,5)9-11-29)27-20(13-16)34-21-17-14-30(23(32)33)15-18(17)21/h12-13,17-18,21H,8-11,14-15H2,1-7H3,(H,28,31)(H,32,33)/t17-,18+,21?. The van der Waals surface area contributed by atoms with Crippen molar-refractivity contribution >= 4 is 18.0 Å². The number of hydrogen-bond donors (Lipinski definition) is 2. The molecular weight excluding hydrogens is 448 g/mol. The molecule has 2 amide bonds. The minimum absolute atomic E-state index is 0.0246. The van der Waals surface area contributed by atoms with E-state index in [1.807, 2.05) is 46.8 Å². The number of fused-ring (bicyclic) bond motifs is 1. The van der Waals surface area contributed by atoms with Crippen LogP contribution in [0.1, 0.15) is 66.9 Å². The zero-order valence-corrected chi connectivity index (χ0v) is 22.1. The molecule has 1 unspecified atom stereocenters. The number of carbonyl (C=O) groups excluding carboxylic acids is 1. The van der Waals surface area contributed by atoms with Gasteiger partial charge in [-0.1, -0.05) is 13.8 Å². The minimum atomic E-state index is -0.874. The molecule has 2 aliphatic heterocycles. The Bertz CT molecular complexity index is 964. The Labute approximate surface area is 208 Å². The van der Waals surface area contributed by atoms with Crippen LogP contribution < -0.4 is 15.0 Å². The highest BCUT2D eigenvalue weighted by molar-refractivity contribution is 5.69. The number of carboxylic acid groups (broad SMARTS) is 1. The molecule has 0 aromatic carbocycles. The van der Waals surface area contributed by atoms with Gasteiger partial charge in [-0.3, -0.25) is 0 Å². The van der Waals surface area contributed by atoms with Crippen LogP contribution in [0.5, 0.6) is 5.88 Å². The van der Waals surface area contributed by atoms with Crippen LogP contribution >= 0.6 is 0 Å². The number of hydrogen-bond acceptors (Lipinski definition) is 6. The van der Waals surface area contributed by atoms with Crippen molar-refractivity contribution in [1.82, 2.24) is 15.2 Å². The summed E-state index contributed by atoms with van der Waals surface area (Å²) in [4.78, 5) is 32.4. The Morgan fingerprint density at radius 3 is 2.23 bits per heavy atom. The van der Waals surface area contributed by atoms with Gasteiger partial charge < -0.3 is 29.7 Å². The van der Waals surface area contributed by atoms with Crippen LogP contribution in [0.15, 0.2) is 12.1 Å². The molecular formula is C26H40N4O5. The number of nitrogens with one attached hydrogen (secondary N) is 1. The monoisotopic (exact) mass is 488 g/mol. The van der Waals surface area contributed by atoms with Crippen LogP contribution in [-0.4, -0.2) is 65.1 Å². The van der Waals surface area contributed by atoms with Crippen LogP contribution in [0.3, 0.4) is 0 Å². The first kappa shape index (κ1) is 25.4. The minimum Gasteiger partial charge on any atom is -0.474 e. The molecule has 3 atom stereocenters. The third kappa shape index (κ3) is 5.93. The van der Waals surface area contributed by atoms with Gasteiger partial charge in [0, 0.05) is 44.1 Å². The fraction of sp³-hybridized carbons (Fsp3) is 0.731. The summed E-state index contributed by atoms with van der Waals surface area (Å²) in [5.74, 6) is 1.78. The summed E-state index contributed by atoms with van der Waals surface area (Å²) in [7, 11) is 0. The molecule has 4 rings (SSSR count). The Morgan fingerprint density at radius 2 is 1.69 bits per heavy atom. The number of aromatic nitrogens is 1. The second kappa shape index (κ2) is 8.75. The number of amides is 2. The van der Waals surface area contributed by atoms with E-state index in [-0.39, 0.29) is 17.9 Å². The molecule has 1 aromatic heterocycles. The number of piperidine rings is 2. The largest absolute Gasteiger partial charge is 0.474 e. The van der Waals surface area contributed by atoms with Crippen LogP contribution in [0.4, 0.5) is 15.4 Å². The van der Waals surface area contributed by atoms with Crippen molar-refractivity contribution in [3.05, 3.63) is 17.7 Å². The molecule has 3 aliphatic rings. The summed E-state index contributed by atoms with van der Waals surface area (Å²) >= 11 is 0. The smallest absolute Gasteiger partial charge is 0.408 e. The lowest BCUT2D eigenvalue weighted by Crippen LogP contribution is -2.44. The SMILES string of the molecule is CC1(C)CCN(c2cc(C(C)(C)NC(=O)OC(C)(C)C)cc(OC3[C@H]4CN(C(=O)O)C[C@@H]34)n2)CC1. The van der Waals surface area contributed by atoms with Gasteiger partial charge >= 0.3 is 12.2 Å². The topological polar surface area (TPSA) is 104 Å². The van der Waals surface area contributed by atoms with E-state index in [4.69, 9.17) is 14.5 Å². The normalized spacial score (nSPS) is 25.6. The predicted molar refractivity (Wildman–Crippen MR) is 133 cm³/mol. The lowest BCUT2D eigenvalue weighted by atomic mass is 9.82. The summed E-state index contributed by atoms with van der Waals surface area (Å²) in [5.41, 5.74) is -0.114. The zero-order chi connectivity index (χ0) is 25.8. The van der Waals surface area contributed by atoms with E-state index in [0.29, 0.717) is 24.4 Å². The molecule has 1 aliphatic carbocycles. The van der Waals surface area contributed by atoms with Crippen molar-refractivity contribution in [3.63, 3.8) is 0 Å². The molecule has 1 aromatic rings. The lowest BCUT2D eigenvalue weighted by molar-refractivity contribution is 0.0470. The van der Waals surface area contributed by atoms with Gasteiger partial charge in [-0.25, -0.2) is 9.59 Å². The van der Waals surface area contributed by atoms with Crippen LogP contribution in [0, 0.1) is 17.3 Å². The Hall–Kier alpha value is -2.71. The second-order valence-corrected chi connectivity index (χ2v) is 12.6. The van der Waals surface area contributed by atoms with Gasteiger partial charge in [-0.15, -0.1) is 0 Å². The molecule has 0 radical (unpaired) electrons. The van der Waals surface area contributed by atoms with Gasteiger partial charge in [0.1, 0.15) is 17.5 Å². The molecule has 1 saturated carbocycles. The first-order valence-corrected chi connectivity index (χ1v) is 12.6. The molecule has 2 N–H and O–H groups in total. The summed E-state index contributed by atoms with van der Waals surface area (Å²) in [6.45, 7) is 16.8. The molecule has 35 heavy (non-hydrogen) atoms. The second-order valence-electron chi connectivity index (χ2n) is 12.6. The molecule has 194 valence electrons. The van der Waals surface area contributed by atoms with Gasteiger partial charge in [0.2, 0.25) is 5.88 Å². The van der Waals surface area contributed by atoms with Crippen molar-refractivity contribution < 1.29 is 24.2 Å². The van der Waals surface area contributed by atoms with Gasteiger partial charge in [0.05, 0.1) is 5.54 Å². The van der Waals surface area contributed by atoms with Gasteiger partial charge in [0.15, 0.2) is 0 Å². The summed E-state index contributed by atoms with van der Waals surface area (Å²) in [6, 6.07) is 3.92. The fourth-order valence-electron chi connectivity index (χ4n) is 4.99. The number of anilines is 1. The van der Waals surface area contributed by atoms with Crippen molar-refractivity contribution in [2.24, 2.45) is 17.3 Å². The highest BCUT2D eigenvalue weighted by atomic mass is 16.6. The number of nitrogens with zero attached hydrogens (tertiary/aromatic N) is 3. The van der Waals surface area contributed by atoms with Crippen molar-refractivity contribution in [2.45, 2.75) is 78.6 Å². The number of alkyl carbamates (subject to hydrolysis) is 1. The van der Waals surface area contributed by atoms with Crippen LogP contribution in [0.2, 0.25) is 0 Å². The third-order valence-electron chi connectivity index (χ3n) is 7.41. The van der Waals surface area contributed by atoms with Crippen molar-refractivity contribution in [1.29, 1.82) is 0 Å². The number of pyridine rings is 1. The number of rotatable bonds is 5. The maximum absolute atomic E-state index is 12.6. The lowest BCUT2D eigenvalue weighted by Gasteiger charge is -2.38. The van der Waals surface area contributed by atoms with Crippen LogP contribution in [0.25, 0.3) is 0 Å². The maximum Gasteiger partial charge on any atom is 0.408 e. The van der Waals surface area contributed by atoms with Gasteiger partial charge in [-0.05, 0) is 64.5 Å². The average Bonchev–Trinajstić information content (AvgIpc) is 3.14. The first-order valence-electron chi connectivity index (χ1n) is 12.6. The Balaban J connectivity index is 1.55. The average molecular weight is 489 g/mol. The highest BCUT2D eigenvalue weighted by Crippen LogP contribution is 2.48. The van der Waals surface area contributed by atoms with E-state index in [1.165, 1.54) is 4.90 Å². The maximum atomic E-state index is 12.6. The van der Waals surface area contributed by atoms with E-state index in [2.05, 4.69) is 24.1 Å². The molecule has 2 saturated heterocycles. The highest BCUT2D eigenvalue weighted by Gasteiger charge is 2.59. The first-order chi connectivity index (χ1) is 16.1. The fourth-order valence-corrected chi connectivity index (χ4v) is 4.99. The van der Waals surface area contributed by atoms with Crippen molar-refractivity contribution in [2.75, 3.05) is 31.1 Å². The number of ether oxygens (including phenoxy) is 2. The summed E-state index contributed by atoms with van der Waals surface area (Å²) < 4.78 is 11.8. The summed E-state index contributed by atoms with van der Waals surface area (Å²) in [6.07, 6.45) is 0.775. The van der Waals surface area contributed by atoms with Crippen LogP contribution in [-0.2, 0) is 10.3 Å².